The third-order valence-corrected chi connectivity index (χ3v) is 3.98. The van der Waals surface area contributed by atoms with Crippen LogP contribution in [0.25, 0.3) is 0 Å². The van der Waals surface area contributed by atoms with Gasteiger partial charge in [-0.3, -0.25) is 14.9 Å². The van der Waals surface area contributed by atoms with E-state index in [0.29, 0.717) is 35.7 Å². The maximum atomic E-state index is 12.6. The zero-order chi connectivity index (χ0) is 20.4. The van der Waals surface area contributed by atoms with Crippen molar-refractivity contribution in [2.24, 2.45) is 0 Å². The predicted octanol–water partition coefficient (Wildman–Crippen LogP) is 3.74. The number of nitrogens with one attached hydrogen (secondary N) is 3. The monoisotopic (exact) mass is 399 g/mol. The molecule has 2 amide bonds. The molecule has 0 aliphatic carbocycles. The summed E-state index contributed by atoms with van der Waals surface area (Å²) in [4.78, 5) is 24.9. The van der Waals surface area contributed by atoms with Gasteiger partial charge in [0.25, 0.3) is 11.8 Å². The minimum absolute atomic E-state index is 0.103. The third kappa shape index (κ3) is 6.06. The van der Waals surface area contributed by atoms with Crippen molar-refractivity contribution in [2.45, 2.75) is 26.7 Å². The fourth-order valence-electron chi connectivity index (χ4n) is 2.44. The summed E-state index contributed by atoms with van der Waals surface area (Å²) in [5, 5.41) is 8.50. The van der Waals surface area contributed by atoms with Crippen LogP contribution in [0.15, 0.2) is 48.5 Å². The van der Waals surface area contributed by atoms with Crippen molar-refractivity contribution in [1.82, 2.24) is 10.6 Å². The summed E-state index contributed by atoms with van der Waals surface area (Å²) < 4.78 is 5.62. The second-order valence-corrected chi connectivity index (χ2v) is 6.46. The Morgan fingerprint density at radius 3 is 2.32 bits per heavy atom. The highest BCUT2D eigenvalue weighted by Crippen LogP contribution is 2.19. The van der Waals surface area contributed by atoms with Crippen molar-refractivity contribution in [1.29, 1.82) is 0 Å². The second kappa shape index (κ2) is 11.0. The van der Waals surface area contributed by atoms with E-state index in [9.17, 15) is 9.59 Å². The molecule has 0 unspecified atom stereocenters. The number of thiocarbonyl (C=S) groups is 1. The minimum atomic E-state index is -0.378. The first-order chi connectivity index (χ1) is 13.6. The maximum absolute atomic E-state index is 12.6. The fourth-order valence-corrected chi connectivity index (χ4v) is 2.64. The van der Waals surface area contributed by atoms with E-state index in [2.05, 4.69) is 16.0 Å². The van der Waals surface area contributed by atoms with Crippen LogP contribution in [0.1, 0.15) is 47.4 Å². The molecule has 3 N–H and O–H groups in total. The Balaban J connectivity index is 2.07. The number of anilines is 1. The van der Waals surface area contributed by atoms with Crippen molar-refractivity contribution in [3.63, 3.8) is 0 Å². The summed E-state index contributed by atoms with van der Waals surface area (Å²) >= 11 is 5.26. The van der Waals surface area contributed by atoms with Crippen LogP contribution < -0.4 is 20.7 Å². The lowest BCUT2D eigenvalue weighted by atomic mass is 10.1. The first-order valence-corrected chi connectivity index (χ1v) is 9.69. The van der Waals surface area contributed by atoms with Gasteiger partial charge >= 0.3 is 0 Å². The van der Waals surface area contributed by atoms with Crippen molar-refractivity contribution >= 4 is 34.8 Å². The molecule has 2 aromatic rings. The standard InChI is InChI=1S/C21H25N3O3S/c1-3-13-22-19(25)15-9-5-7-11-17(15)23-21(28)24-20(26)16-10-6-8-12-18(16)27-14-4-2/h5-12H,3-4,13-14H2,1-2H3,(H,22,25)(H2,23,24,26,28). The summed E-state index contributed by atoms with van der Waals surface area (Å²) in [5.74, 6) is -0.0708. The SMILES string of the molecule is CCCNC(=O)c1ccccc1NC(=S)NC(=O)c1ccccc1OCCC. The summed E-state index contributed by atoms with van der Waals surface area (Å²) in [6.07, 6.45) is 1.68. The van der Waals surface area contributed by atoms with Crippen LogP contribution in [-0.4, -0.2) is 30.1 Å². The Kier molecular flexibility index (Phi) is 8.42. The molecule has 28 heavy (non-hydrogen) atoms. The molecule has 0 saturated carbocycles. The molecule has 6 nitrogen and oxygen atoms in total. The molecule has 2 rings (SSSR count). The molecule has 148 valence electrons. The Bertz CT molecular complexity index is 839. The lowest BCUT2D eigenvalue weighted by Crippen LogP contribution is -2.35. The number of carbonyl (C=O) groups is 2. The van der Waals surface area contributed by atoms with Crippen LogP contribution in [0.3, 0.4) is 0 Å². The summed E-state index contributed by atoms with van der Waals surface area (Å²) in [5.41, 5.74) is 1.38. The fraction of sp³-hybridized carbons (Fsp3) is 0.286. The Morgan fingerprint density at radius 2 is 1.61 bits per heavy atom. The van der Waals surface area contributed by atoms with Gasteiger partial charge in [-0.1, -0.05) is 38.1 Å². The molecule has 0 aromatic heterocycles. The van der Waals surface area contributed by atoms with Gasteiger partial charge < -0.3 is 15.4 Å². The molecule has 7 heteroatoms. The number of amides is 2. The van der Waals surface area contributed by atoms with Gasteiger partial charge in [-0.25, -0.2) is 0 Å². The van der Waals surface area contributed by atoms with Gasteiger partial charge in [0.15, 0.2) is 5.11 Å². The van der Waals surface area contributed by atoms with Crippen LogP contribution in [-0.2, 0) is 0 Å². The molecule has 0 aliphatic rings. The molecular weight excluding hydrogens is 374 g/mol. The highest BCUT2D eigenvalue weighted by atomic mass is 32.1. The summed E-state index contributed by atoms with van der Waals surface area (Å²) in [6.45, 7) is 5.09. The average Bonchev–Trinajstić information content (AvgIpc) is 2.70. The molecule has 0 spiro atoms. The predicted molar refractivity (Wildman–Crippen MR) is 115 cm³/mol. The van der Waals surface area contributed by atoms with Gasteiger partial charge in [0.2, 0.25) is 0 Å². The molecule has 0 fully saturated rings. The van der Waals surface area contributed by atoms with Crippen molar-refractivity contribution in [3.05, 3.63) is 59.7 Å². The van der Waals surface area contributed by atoms with Crippen molar-refractivity contribution < 1.29 is 14.3 Å². The van der Waals surface area contributed by atoms with Gasteiger partial charge in [0, 0.05) is 6.54 Å². The molecule has 2 aromatic carbocycles. The number of benzene rings is 2. The van der Waals surface area contributed by atoms with Crippen molar-refractivity contribution in [2.75, 3.05) is 18.5 Å². The normalized spacial score (nSPS) is 10.1. The number of para-hydroxylation sites is 2. The number of ether oxygens (including phenoxy) is 1. The molecule has 0 saturated heterocycles. The van der Waals surface area contributed by atoms with Crippen molar-refractivity contribution in [3.8, 4) is 5.75 Å². The van der Waals surface area contributed by atoms with Crippen LogP contribution in [0, 0.1) is 0 Å². The summed E-state index contributed by atoms with van der Waals surface area (Å²) in [6, 6.07) is 14.0. The number of hydrogen-bond donors (Lipinski definition) is 3. The van der Waals surface area contributed by atoms with Crippen LogP contribution in [0.2, 0.25) is 0 Å². The van der Waals surface area contributed by atoms with Gasteiger partial charge in [-0.2, -0.15) is 0 Å². The van der Waals surface area contributed by atoms with E-state index in [1.54, 1.807) is 42.5 Å². The Labute approximate surface area is 170 Å². The summed E-state index contributed by atoms with van der Waals surface area (Å²) in [7, 11) is 0. The highest BCUT2D eigenvalue weighted by molar-refractivity contribution is 7.80. The highest BCUT2D eigenvalue weighted by Gasteiger charge is 2.15. The maximum Gasteiger partial charge on any atom is 0.261 e. The van der Waals surface area contributed by atoms with Crippen LogP contribution >= 0.6 is 12.2 Å². The van der Waals surface area contributed by atoms with E-state index >= 15 is 0 Å². The van der Waals surface area contributed by atoms with E-state index in [0.717, 1.165) is 12.8 Å². The van der Waals surface area contributed by atoms with E-state index in [1.165, 1.54) is 0 Å². The zero-order valence-corrected chi connectivity index (χ0v) is 16.9. The molecule has 0 heterocycles. The number of hydrogen-bond acceptors (Lipinski definition) is 4. The smallest absolute Gasteiger partial charge is 0.261 e. The van der Waals surface area contributed by atoms with Crippen LogP contribution in [0.4, 0.5) is 5.69 Å². The molecule has 0 atom stereocenters. The Morgan fingerprint density at radius 1 is 0.929 bits per heavy atom. The molecule has 0 bridgehead atoms. The number of carbonyl (C=O) groups excluding carboxylic acids is 2. The van der Waals surface area contributed by atoms with Gasteiger partial charge in [0.1, 0.15) is 5.75 Å². The lowest BCUT2D eigenvalue weighted by molar-refractivity contribution is 0.0952. The first kappa shape index (κ1) is 21.4. The third-order valence-electron chi connectivity index (χ3n) is 3.78. The minimum Gasteiger partial charge on any atom is -0.493 e. The van der Waals surface area contributed by atoms with E-state index < -0.39 is 0 Å². The van der Waals surface area contributed by atoms with E-state index in [-0.39, 0.29) is 16.9 Å². The van der Waals surface area contributed by atoms with Gasteiger partial charge in [0.05, 0.1) is 23.4 Å². The van der Waals surface area contributed by atoms with Gasteiger partial charge in [-0.15, -0.1) is 0 Å². The Hall–Kier alpha value is -2.93. The average molecular weight is 400 g/mol. The molecular formula is C21H25N3O3S. The zero-order valence-electron chi connectivity index (χ0n) is 16.1. The second-order valence-electron chi connectivity index (χ2n) is 6.05. The first-order valence-electron chi connectivity index (χ1n) is 9.28. The van der Waals surface area contributed by atoms with E-state index in [4.69, 9.17) is 17.0 Å². The van der Waals surface area contributed by atoms with E-state index in [1.807, 2.05) is 19.9 Å². The quantitative estimate of drug-likeness (QED) is 0.589. The van der Waals surface area contributed by atoms with Gasteiger partial charge in [-0.05, 0) is 49.3 Å². The largest absolute Gasteiger partial charge is 0.493 e. The topological polar surface area (TPSA) is 79.5 Å². The molecule has 0 radical (unpaired) electrons. The number of rotatable bonds is 8. The lowest BCUT2D eigenvalue weighted by Gasteiger charge is -2.14. The molecule has 0 aliphatic heterocycles. The van der Waals surface area contributed by atoms with Crippen LogP contribution in [0.5, 0.6) is 5.75 Å².